The Bertz CT molecular complexity index is 748. The van der Waals surface area contributed by atoms with Crippen LogP contribution in [-0.2, 0) is 16.0 Å². The topological polar surface area (TPSA) is 134 Å². The first-order valence-electron chi connectivity index (χ1n) is 8.77. The van der Waals surface area contributed by atoms with Gasteiger partial charge in [-0.05, 0) is 18.4 Å². The fourth-order valence-corrected chi connectivity index (χ4v) is 2.54. The van der Waals surface area contributed by atoms with Crippen LogP contribution < -0.4 is 10.6 Å². The highest BCUT2D eigenvalue weighted by molar-refractivity contribution is 6.43. The molecule has 0 spiro atoms. The lowest BCUT2D eigenvalue weighted by atomic mass is 9.76. The van der Waals surface area contributed by atoms with E-state index < -0.39 is 30.9 Å². The van der Waals surface area contributed by atoms with Gasteiger partial charge in [0.25, 0.3) is 5.91 Å². The molecule has 0 radical (unpaired) electrons. The number of rotatable bonds is 10. The number of carbonyl (C=O) groups is 2. The van der Waals surface area contributed by atoms with Gasteiger partial charge in [0.2, 0.25) is 5.91 Å². The van der Waals surface area contributed by atoms with E-state index in [0.29, 0.717) is 12.8 Å². The van der Waals surface area contributed by atoms with E-state index >= 15 is 0 Å². The molecule has 0 aliphatic carbocycles. The largest absolute Gasteiger partial charge is 0.475 e. The van der Waals surface area contributed by atoms with Crippen LogP contribution in [0.25, 0.3) is 0 Å². The highest BCUT2D eigenvalue weighted by Crippen LogP contribution is 2.06. The number of aryl methyl sites for hydroxylation is 1. The summed E-state index contributed by atoms with van der Waals surface area (Å²) in [5.74, 6) is -2.08. The fourth-order valence-electron chi connectivity index (χ4n) is 2.54. The molecule has 4 N–H and O–H groups in total. The maximum absolute atomic E-state index is 12.6. The predicted octanol–water partition coefficient (Wildman–Crippen LogP) is -0.649. The Morgan fingerprint density at radius 1 is 1.18 bits per heavy atom. The molecule has 0 unspecified atom stereocenters. The Morgan fingerprint density at radius 3 is 2.54 bits per heavy atom. The molecule has 2 rings (SSSR count). The number of aromatic nitrogens is 2. The molecule has 1 heterocycles. The molecule has 148 valence electrons. The Hall–Kier alpha value is -2.82. The summed E-state index contributed by atoms with van der Waals surface area (Å²) in [5.41, 5.74) is 1.06. The second-order valence-electron chi connectivity index (χ2n) is 6.13. The van der Waals surface area contributed by atoms with Crippen LogP contribution >= 0.6 is 0 Å². The average Bonchev–Trinajstić information content (AvgIpc) is 2.71. The van der Waals surface area contributed by atoms with Crippen molar-refractivity contribution in [2.45, 2.75) is 24.8 Å². The van der Waals surface area contributed by atoms with E-state index in [9.17, 15) is 19.6 Å². The van der Waals surface area contributed by atoms with Crippen molar-refractivity contribution >= 4 is 18.9 Å². The molecular weight excluding hydrogens is 363 g/mol. The SMILES string of the molecule is COC[C@@H](NC(=O)c1cnccn1)C(=O)N[C@@H](CCc1ccccc1)B(O)O. The van der Waals surface area contributed by atoms with Gasteiger partial charge in [-0.25, -0.2) is 4.98 Å². The van der Waals surface area contributed by atoms with Gasteiger partial charge in [-0.15, -0.1) is 0 Å². The van der Waals surface area contributed by atoms with Gasteiger partial charge < -0.3 is 25.4 Å². The number of ether oxygens (including phenoxy) is 1. The van der Waals surface area contributed by atoms with Crippen molar-refractivity contribution in [1.29, 1.82) is 0 Å². The summed E-state index contributed by atoms with van der Waals surface area (Å²) < 4.78 is 5.00. The molecule has 10 heteroatoms. The van der Waals surface area contributed by atoms with Crippen LogP contribution in [0.5, 0.6) is 0 Å². The molecule has 0 saturated heterocycles. The van der Waals surface area contributed by atoms with Gasteiger partial charge >= 0.3 is 7.12 Å². The quantitative estimate of drug-likeness (QED) is 0.399. The fraction of sp³-hybridized carbons (Fsp3) is 0.333. The van der Waals surface area contributed by atoms with Gasteiger partial charge in [0.1, 0.15) is 11.7 Å². The number of nitrogens with zero attached hydrogens (tertiary/aromatic N) is 2. The van der Waals surface area contributed by atoms with Crippen molar-refractivity contribution in [1.82, 2.24) is 20.6 Å². The van der Waals surface area contributed by atoms with Gasteiger partial charge in [-0.2, -0.15) is 0 Å². The van der Waals surface area contributed by atoms with E-state index in [1.54, 1.807) is 0 Å². The predicted molar refractivity (Wildman–Crippen MR) is 102 cm³/mol. The molecule has 1 aromatic carbocycles. The molecule has 0 bridgehead atoms. The van der Waals surface area contributed by atoms with Crippen LogP contribution in [-0.4, -0.2) is 64.6 Å². The van der Waals surface area contributed by atoms with Crippen LogP contribution in [0.2, 0.25) is 0 Å². The van der Waals surface area contributed by atoms with Gasteiger partial charge in [0.15, 0.2) is 0 Å². The second kappa shape index (κ2) is 11.1. The van der Waals surface area contributed by atoms with Crippen molar-refractivity contribution in [2.75, 3.05) is 13.7 Å². The van der Waals surface area contributed by atoms with E-state index in [1.807, 2.05) is 30.3 Å². The highest BCUT2D eigenvalue weighted by atomic mass is 16.5. The average molecular weight is 386 g/mol. The maximum Gasteiger partial charge on any atom is 0.475 e. The van der Waals surface area contributed by atoms with Crippen LogP contribution in [0.15, 0.2) is 48.9 Å². The number of benzene rings is 1. The number of methoxy groups -OCH3 is 1. The first-order valence-corrected chi connectivity index (χ1v) is 8.77. The van der Waals surface area contributed by atoms with Crippen LogP contribution in [0, 0.1) is 0 Å². The number of hydrogen-bond acceptors (Lipinski definition) is 7. The standard InChI is InChI=1S/C18H23BN4O5/c1-28-12-15(22-17(24)14-11-20-9-10-21-14)18(25)23-16(19(26)27)8-7-13-5-3-2-4-6-13/h2-6,9-11,15-16,26-27H,7-8,12H2,1H3,(H,22,24)(H,23,25)/t15-,16+/m1/s1. The molecular formula is C18H23BN4O5. The lowest BCUT2D eigenvalue weighted by Crippen LogP contribution is -2.55. The smallest absolute Gasteiger partial charge is 0.426 e. The molecule has 0 aliphatic heterocycles. The number of nitrogens with one attached hydrogen (secondary N) is 2. The molecule has 0 fully saturated rings. The Balaban J connectivity index is 1.98. The molecule has 1 aromatic heterocycles. The van der Waals surface area contributed by atoms with E-state index in [1.165, 1.54) is 25.7 Å². The molecule has 2 amide bonds. The zero-order valence-corrected chi connectivity index (χ0v) is 15.5. The molecule has 28 heavy (non-hydrogen) atoms. The first kappa shape index (κ1) is 21.5. The molecule has 2 atom stereocenters. The third-order valence-corrected chi connectivity index (χ3v) is 4.03. The molecule has 0 aliphatic rings. The second-order valence-corrected chi connectivity index (χ2v) is 6.13. The van der Waals surface area contributed by atoms with Crippen LogP contribution in [0.1, 0.15) is 22.5 Å². The maximum atomic E-state index is 12.6. The Labute approximate surface area is 163 Å². The summed E-state index contributed by atoms with van der Waals surface area (Å²) in [6.45, 7) is -0.0925. The van der Waals surface area contributed by atoms with Crippen molar-refractivity contribution in [3.8, 4) is 0 Å². The summed E-state index contributed by atoms with van der Waals surface area (Å²) >= 11 is 0. The summed E-state index contributed by atoms with van der Waals surface area (Å²) in [6.07, 6.45) is 4.92. The summed E-state index contributed by atoms with van der Waals surface area (Å²) in [7, 11) is -0.353. The van der Waals surface area contributed by atoms with E-state index in [4.69, 9.17) is 4.74 Å². The zero-order valence-electron chi connectivity index (χ0n) is 15.5. The van der Waals surface area contributed by atoms with Crippen molar-refractivity contribution in [2.24, 2.45) is 0 Å². The van der Waals surface area contributed by atoms with Crippen molar-refractivity contribution < 1.29 is 24.4 Å². The normalized spacial score (nSPS) is 12.7. The van der Waals surface area contributed by atoms with Crippen LogP contribution in [0.3, 0.4) is 0 Å². The van der Waals surface area contributed by atoms with E-state index in [0.717, 1.165) is 5.56 Å². The minimum absolute atomic E-state index is 0.0548. The van der Waals surface area contributed by atoms with Crippen molar-refractivity contribution in [3.05, 3.63) is 60.2 Å². The zero-order chi connectivity index (χ0) is 20.4. The third kappa shape index (κ3) is 6.73. The summed E-state index contributed by atoms with van der Waals surface area (Å²) in [4.78, 5) is 32.5. The minimum Gasteiger partial charge on any atom is -0.426 e. The first-order chi connectivity index (χ1) is 13.5. The number of amides is 2. The Morgan fingerprint density at radius 2 is 1.93 bits per heavy atom. The Kier molecular flexibility index (Phi) is 8.54. The van der Waals surface area contributed by atoms with Crippen molar-refractivity contribution in [3.63, 3.8) is 0 Å². The lowest BCUT2D eigenvalue weighted by molar-refractivity contribution is -0.124. The molecule has 0 saturated carbocycles. The molecule has 2 aromatic rings. The van der Waals surface area contributed by atoms with Gasteiger partial charge in [0.05, 0.1) is 18.7 Å². The number of hydrogen-bond donors (Lipinski definition) is 4. The van der Waals surface area contributed by atoms with E-state index in [-0.39, 0.29) is 12.3 Å². The van der Waals surface area contributed by atoms with Gasteiger partial charge in [0, 0.05) is 19.5 Å². The highest BCUT2D eigenvalue weighted by Gasteiger charge is 2.29. The lowest BCUT2D eigenvalue weighted by Gasteiger charge is -2.22. The molecule has 9 nitrogen and oxygen atoms in total. The van der Waals surface area contributed by atoms with Crippen LogP contribution in [0.4, 0.5) is 0 Å². The van der Waals surface area contributed by atoms with Gasteiger partial charge in [-0.3, -0.25) is 14.6 Å². The number of carbonyl (C=O) groups excluding carboxylic acids is 2. The minimum atomic E-state index is -1.74. The summed E-state index contributed by atoms with van der Waals surface area (Å²) in [5, 5.41) is 24.3. The van der Waals surface area contributed by atoms with Gasteiger partial charge in [-0.1, -0.05) is 30.3 Å². The third-order valence-electron chi connectivity index (χ3n) is 4.03. The monoisotopic (exact) mass is 386 g/mol. The summed E-state index contributed by atoms with van der Waals surface area (Å²) in [6, 6.07) is 8.45. The van der Waals surface area contributed by atoms with E-state index in [2.05, 4.69) is 20.6 Å².